The molecule has 128 valence electrons. The summed E-state index contributed by atoms with van der Waals surface area (Å²) in [5, 5.41) is 12.4. The first-order valence-electron chi connectivity index (χ1n) is 7.87. The molecule has 0 aromatic heterocycles. The van der Waals surface area contributed by atoms with E-state index in [9.17, 15) is 19.5 Å². The van der Waals surface area contributed by atoms with Crippen LogP contribution in [0.5, 0.6) is 0 Å². The number of anilines is 1. The number of urea groups is 1. The maximum absolute atomic E-state index is 12.8. The van der Waals surface area contributed by atoms with Crippen LogP contribution in [0, 0.1) is 0 Å². The third-order valence-electron chi connectivity index (χ3n) is 4.39. The number of hydrogen-bond donors (Lipinski definition) is 2. The van der Waals surface area contributed by atoms with E-state index in [0.29, 0.717) is 42.3 Å². The minimum absolute atomic E-state index is 0.261. The molecule has 2 saturated heterocycles. The average Bonchev–Trinajstić information content (AvgIpc) is 3.00. The first kappa shape index (κ1) is 16.6. The van der Waals surface area contributed by atoms with Gasteiger partial charge in [0.15, 0.2) is 0 Å². The van der Waals surface area contributed by atoms with Crippen LogP contribution in [-0.4, -0.2) is 53.6 Å². The number of aliphatic carboxylic acids is 1. The molecule has 0 bridgehead atoms. The topological polar surface area (TPSA) is 89.9 Å². The van der Waals surface area contributed by atoms with E-state index >= 15 is 0 Å². The van der Waals surface area contributed by atoms with Gasteiger partial charge in [0.2, 0.25) is 0 Å². The molecule has 1 aromatic rings. The maximum Gasteiger partial charge on any atom is 0.326 e. The molecule has 3 amide bonds. The molecule has 24 heavy (non-hydrogen) atoms. The van der Waals surface area contributed by atoms with Crippen molar-refractivity contribution < 1.29 is 19.5 Å². The first-order chi connectivity index (χ1) is 11.5. The van der Waals surface area contributed by atoms with Crippen molar-refractivity contribution in [3.05, 3.63) is 28.8 Å². The molecule has 2 aliphatic rings. The highest BCUT2D eigenvalue weighted by atomic mass is 35.5. The van der Waals surface area contributed by atoms with Gasteiger partial charge in [-0.25, -0.2) is 9.59 Å². The quantitative estimate of drug-likeness (QED) is 0.871. The van der Waals surface area contributed by atoms with Crippen LogP contribution in [0.25, 0.3) is 0 Å². The van der Waals surface area contributed by atoms with Gasteiger partial charge in [-0.15, -0.1) is 0 Å². The predicted octanol–water partition coefficient (Wildman–Crippen LogP) is 1.95. The number of hydrogen-bond acceptors (Lipinski definition) is 3. The molecule has 2 aliphatic heterocycles. The number of carboxylic acids is 1. The molecule has 0 radical (unpaired) electrons. The Morgan fingerprint density at radius 2 is 2.04 bits per heavy atom. The summed E-state index contributed by atoms with van der Waals surface area (Å²) >= 11 is 6.17. The van der Waals surface area contributed by atoms with Crippen molar-refractivity contribution >= 4 is 35.2 Å². The molecule has 1 aromatic carbocycles. The van der Waals surface area contributed by atoms with Gasteiger partial charge in [0, 0.05) is 25.2 Å². The minimum atomic E-state index is -0.990. The van der Waals surface area contributed by atoms with Gasteiger partial charge in [-0.3, -0.25) is 9.69 Å². The number of carbonyl (C=O) groups is 3. The molecule has 3 rings (SSSR count). The number of piperidine rings is 1. The van der Waals surface area contributed by atoms with Gasteiger partial charge in [0.1, 0.15) is 6.04 Å². The Balaban J connectivity index is 1.90. The lowest BCUT2D eigenvalue weighted by Gasteiger charge is -2.33. The van der Waals surface area contributed by atoms with Crippen LogP contribution in [-0.2, 0) is 4.79 Å². The Morgan fingerprint density at radius 1 is 1.25 bits per heavy atom. The van der Waals surface area contributed by atoms with Gasteiger partial charge in [0.05, 0.1) is 10.7 Å². The average molecular weight is 352 g/mol. The van der Waals surface area contributed by atoms with Crippen molar-refractivity contribution in [2.75, 3.05) is 24.5 Å². The summed E-state index contributed by atoms with van der Waals surface area (Å²) in [5.41, 5.74) is 0.795. The zero-order chi connectivity index (χ0) is 17.3. The molecule has 1 atom stereocenters. The second-order valence-electron chi connectivity index (χ2n) is 5.90. The third kappa shape index (κ3) is 3.03. The number of rotatable bonds is 3. The van der Waals surface area contributed by atoms with Gasteiger partial charge in [0.25, 0.3) is 5.91 Å². The van der Waals surface area contributed by atoms with Crippen LogP contribution >= 0.6 is 11.6 Å². The van der Waals surface area contributed by atoms with Gasteiger partial charge in [-0.1, -0.05) is 11.6 Å². The monoisotopic (exact) mass is 351 g/mol. The van der Waals surface area contributed by atoms with Crippen molar-refractivity contribution in [1.29, 1.82) is 0 Å². The second kappa shape index (κ2) is 6.68. The predicted molar refractivity (Wildman–Crippen MR) is 88.5 cm³/mol. The molecule has 8 heteroatoms. The van der Waals surface area contributed by atoms with E-state index in [4.69, 9.17) is 11.6 Å². The van der Waals surface area contributed by atoms with Crippen molar-refractivity contribution in [2.24, 2.45) is 0 Å². The highest BCUT2D eigenvalue weighted by Gasteiger charge is 2.33. The number of benzene rings is 1. The smallest absolute Gasteiger partial charge is 0.326 e. The fraction of sp³-hybridized carbons (Fsp3) is 0.438. The van der Waals surface area contributed by atoms with Gasteiger partial charge in [-0.2, -0.15) is 0 Å². The molecule has 2 N–H and O–H groups in total. The second-order valence-corrected chi connectivity index (χ2v) is 6.31. The normalized spacial score (nSPS) is 20.9. The Labute approximate surface area is 144 Å². The van der Waals surface area contributed by atoms with E-state index in [-0.39, 0.29) is 11.9 Å². The summed E-state index contributed by atoms with van der Waals surface area (Å²) in [6.45, 7) is 1.40. The molecular formula is C16H18ClN3O4. The standard InChI is InChI=1S/C16H18ClN3O4/c17-11-5-4-10(9-13(11)20-8-6-18-16(20)24)14(21)19-7-2-1-3-12(19)15(22)23/h4-5,9,12H,1-3,6-8H2,(H,18,24)(H,22,23)/t12-/m0/s1. The summed E-state index contributed by atoms with van der Waals surface area (Å²) in [4.78, 5) is 38.9. The van der Waals surface area contributed by atoms with E-state index in [1.807, 2.05) is 0 Å². The van der Waals surface area contributed by atoms with Gasteiger partial charge < -0.3 is 15.3 Å². The van der Waals surface area contributed by atoms with E-state index in [1.54, 1.807) is 18.2 Å². The Bertz CT molecular complexity index is 694. The molecule has 0 spiro atoms. The lowest BCUT2D eigenvalue weighted by Crippen LogP contribution is -2.48. The highest BCUT2D eigenvalue weighted by molar-refractivity contribution is 6.34. The number of carbonyl (C=O) groups excluding carboxylic acids is 2. The summed E-state index contributed by atoms with van der Waals surface area (Å²) in [6, 6.07) is 3.62. The van der Waals surface area contributed by atoms with Crippen LogP contribution in [0.15, 0.2) is 18.2 Å². The fourth-order valence-corrected chi connectivity index (χ4v) is 3.37. The highest BCUT2D eigenvalue weighted by Crippen LogP contribution is 2.29. The van der Waals surface area contributed by atoms with Crippen LogP contribution in [0.2, 0.25) is 5.02 Å². The third-order valence-corrected chi connectivity index (χ3v) is 4.71. The number of nitrogens with one attached hydrogen (secondary N) is 1. The van der Waals surface area contributed by atoms with Crippen LogP contribution < -0.4 is 10.2 Å². The van der Waals surface area contributed by atoms with Crippen molar-refractivity contribution in [1.82, 2.24) is 10.2 Å². The number of likely N-dealkylation sites (tertiary alicyclic amines) is 1. The SMILES string of the molecule is O=C(O)[C@@H]1CCCCN1C(=O)c1ccc(Cl)c(N2CCNC2=O)c1. The fourth-order valence-electron chi connectivity index (χ4n) is 3.15. The lowest BCUT2D eigenvalue weighted by molar-refractivity contribution is -0.143. The maximum atomic E-state index is 12.8. The van der Waals surface area contributed by atoms with Crippen LogP contribution in [0.4, 0.5) is 10.5 Å². The Hall–Kier alpha value is -2.28. The Morgan fingerprint density at radius 3 is 2.71 bits per heavy atom. The van der Waals surface area contributed by atoms with E-state index in [2.05, 4.69) is 5.32 Å². The zero-order valence-corrected chi connectivity index (χ0v) is 13.8. The minimum Gasteiger partial charge on any atom is -0.480 e. The van der Waals surface area contributed by atoms with Crippen molar-refractivity contribution in [3.63, 3.8) is 0 Å². The lowest BCUT2D eigenvalue weighted by atomic mass is 10.0. The molecule has 0 saturated carbocycles. The van der Waals surface area contributed by atoms with Crippen molar-refractivity contribution in [3.8, 4) is 0 Å². The molecule has 2 fully saturated rings. The number of nitrogens with zero attached hydrogens (tertiary/aromatic N) is 2. The van der Waals surface area contributed by atoms with E-state index in [1.165, 1.54) is 9.80 Å². The van der Waals surface area contributed by atoms with Crippen LogP contribution in [0.1, 0.15) is 29.6 Å². The molecule has 7 nitrogen and oxygen atoms in total. The summed E-state index contributed by atoms with van der Waals surface area (Å²) < 4.78 is 0. The molecular weight excluding hydrogens is 334 g/mol. The first-order valence-corrected chi connectivity index (χ1v) is 8.25. The van der Waals surface area contributed by atoms with Crippen LogP contribution in [0.3, 0.4) is 0 Å². The molecule has 0 aliphatic carbocycles. The Kier molecular flexibility index (Phi) is 4.62. The number of halogens is 1. The molecule has 2 heterocycles. The number of amides is 3. The summed E-state index contributed by atoms with van der Waals surface area (Å²) in [6.07, 6.45) is 2.03. The molecule has 0 unspecified atom stereocenters. The summed E-state index contributed by atoms with van der Waals surface area (Å²) in [5.74, 6) is -1.34. The van der Waals surface area contributed by atoms with Crippen molar-refractivity contribution in [2.45, 2.75) is 25.3 Å². The van der Waals surface area contributed by atoms with E-state index in [0.717, 1.165) is 12.8 Å². The van der Waals surface area contributed by atoms with Gasteiger partial charge >= 0.3 is 12.0 Å². The largest absolute Gasteiger partial charge is 0.480 e. The van der Waals surface area contributed by atoms with E-state index < -0.39 is 12.0 Å². The van der Waals surface area contributed by atoms with Gasteiger partial charge in [-0.05, 0) is 37.5 Å². The zero-order valence-electron chi connectivity index (χ0n) is 13.0. The number of carboxylic acid groups (broad SMARTS) is 1. The summed E-state index contributed by atoms with van der Waals surface area (Å²) in [7, 11) is 0.